The first-order valence-corrected chi connectivity index (χ1v) is 11.2. The summed E-state index contributed by atoms with van der Waals surface area (Å²) >= 11 is 0. The van der Waals surface area contributed by atoms with Gasteiger partial charge in [-0.15, -0.1) is 0 Å². The number of carbonyl (C=O) groups is 2. The van der Waals surface area contributed by atoms with Crippen LogP contribution in [0.15, 0.2) is 60.7 Å². The second kappa shape index (κ2) is 9.48. The van der Waals surface area contributed by atoms with Crippen LogP contribution in [0.4, 0.5) is 5.82 Å². The van der Waals surface area contributed by atoms with Gasteiger partial charge in [-0.3, -0.25) is 9.59 Å². The Labute approximate surface area is 194 Å². The van der Waals surface area contributed by atoms with Crippen molar-refractivity contribution in [1.29, 1.82) is 0 Å². The SMILES string of the molecule is C[C@H](Oc1cccc2nc(N(C)C)ccc12)C(=O)N1CCN(C(=O)c2ccccc2)C[C@H]1C. The zero-order chi connectivity index (χ0) is 23.5. The van der Waals surface area contributed by atoms with Gasteiger partial charge in [0.05, 0.1) is 5.52 Å². The fourth-order valence-electron chi connectivity index (χ4n) is 4.18. The molecule has 2 atom stereocenters. The first-order valence-electron chi connectivity index (χ1n) is 11.2. The molecule has 4 rings (SSSR count). The number of anilines is 1. The van der Waals surface area contributed by atoms with Gasteiger partial charge in [0.15, 0.2) is 6.10 Å². The van der Waals surface area contributed by atoms with Crippen LogP contribution < -0.4 is 9.64 Å². The van der Waals surface area contributed by atoms with Gasteiger partial charge in [-0.05, 0) is 50.2 Å². The van der Waals surface area contributed by atoms with Crippen LogP contribution in [0.1, 0.15) is 24.2 Å². The van der Waals surface area contributed by atoms with Crippen molar-refractivity contribution in [3.8, 4) is 5.75 Å². The Morgan fingerprint density at radius 1 is 1.03 bits per heavy atom. The predicted molar refractivity (Wildman–Crippen MR) is 130 cm³/mol. The summed E-state index contributed by atoms with van der Waals surface area (Å²) in [4.78, 5) is 36.2. The molecule has 0 N–H and O–H groups in total. The first kappa shape index (κ1) is 22.6. The minimum absolute atomic E-state index is 0.000744. The fourth-order valence-corrected chi connectivity index (χ4v) is 4.18. The molecule has 7 nitrogen and oxygen atoms in total. The summed E-state index contributed by atoms with van der Waals surface area (Å²) in [5, 5.41) is 0.870. The molecule has 2 aromatic carbocycles. The summed E-state index contributed by atoms with van der Waals surface area (Å²) in [6, 6.07) is 18.8. The van der Waals surface area contributed by atoms with Gasteiger partial charge in [-0.25, -0.2) is 4.98 Å². The van der Waals surface area contributed by atoms with Crippen molar-refractivity contribution in [2.45, 2.75) is 26.0 Å². The van der Waals surface area contributed by atoms with E-state index in [1.54, 1.807) is 6.92 Å². The topological polar surface area (TPSA) is 66.0 Å². The van der Waals surface area contributed by atoms with Gasteiger partial charge in [-0.2, -0.15) is 0 Å². The Morgan fingerprint density at radius 3 is 2.48 bits per heavy atom. The number of aromatic nitrogens is 1. The molecule has 2 heterocycles. The largest absolute Gasteiger partial charge is 0.480 e. The van der Waals surface area contributed by atoms with E-state index >= 15 is 0 Å². The molecule has 1 aromatic heterocycles. The van der Waals surface area contributed by atoms with Crippen molar-refractivity contribution < 1.29 is 14.3 Å². The smallest absolute Gasteiger partial charge is 0.263 e. The number of amides is 2. The van der Waals surface area contributed by atoms with E-state index in [4.69, 9.17) is 4.74 Å². The molecule has 1 fully saturated rings. The van der Waals surface area contributed by atoms with E-state index in [1.807, 2.05) is 96.4 Å². The molecule has 0 bridgehead atoms. The molecule has 33 heavy (non-hydrogen) atoms. The van der Waals surface area contributed by atoms with Crippen molar-refractivity contribution in [3.63, 3.8) is 0 Å². The lowest BCUT2D eigenvalue weighted by Gasteiger charge is -2.40. The number of carbonyl (C=O) groups excluding carboxylic acids is 2. The van der Waals surface area contributed by atoms with E-state index < -0.39 is 6.10 Å². The molecule has 0 saturated carbocycles. The molecule has 1 aliphatic rings. The summed E-state index contributed by atoms with van der Waals surface area (Å²) in [6.45, 7) is 5.23. The van der Waals surface area contributed by atoms with E-state index in [2.05, 4.69) is 4.98 Å². The summed E-state index contributed by atoms with van der Waals surface area (Å²) in [5.74, 6) is 1.42. The van der Waals surface area contributed by atoms with Crippen LogP contribution >= 0.6 is 0 Å². The molecular formula is C26H30N4O3. The first-order chi connectivity index (χ1) is 15.8. The molecule has 2 amide bonds. The van der Waals surface area contributed by atoms with E-state index in [1.165, 1.54) is 0 Å². The summed E-state index contributed by atoms with van der Waals surface area (Å²) < 4.78 is 6.11. The lowest BCUT2D eigenvalue weighted by atomic mass is 10.1. The highest BCUT2D eigenvalue weighted by Crippen LogP contribution is 2.27. The van der Waals surface area contributed by atoms with Crippen LogP contribution in [-0.2, 0) is 4.79 Å². The average molecular weight is 447 g/mol. The standard InChI is InChI=1S/C26H30N4O3/c1-18-17-29(26(32)20-9-6-5-7-10-20)15-16-30(18)25(31)19(2)33-23-12-8-11-22-21(23)13-14-24(27-22)28(3)4/h5-14,18-19H,15-17H2,1-4H3/t18-,19+/m1/s1. The van der Waals surface area contributed by atoms with Crippen LogP contribution in [0.25, 0.3) is 10.9 Å². The van der Waals surface area contributed by atoms with Gasteiger partial charge in [0.25, 0.3) is 11.8 Å². The van der Waals surface area contributed by atoms with Crippen LogP contribution in [0.3, 0.4) is 0 Å². The van der Waals surface area contributed by atoms with Crippen LogP contribution in [-0.4, -0.2) is 72.5 Å². The average Bonchev–Trinajstić information content (AvgIpc) is 2.83. The highest BCUT2D eigenvalue weighted by molar-refractivity contribution is 5.94. The fraction of sp³-hybridized carbons (Fsp3) is 0.346. The van der Waals surface area contributed by atoms with Crippen LogP contribution in [0.2, 0.25) is 0 Å². The van der Waals surface area contributed by atoms with E-state index in [-0.39, 0.29) is 17.9 Å². The van der Waals surface area contributed by atoms with Gasteiger partial charge >= 0.3 is 0 Å². The van der Waals surface area contributed by atoms with Crippen molar-refractivity contribution in [1.82, 2.24) is 14.8 Å². The quantitative estimate of drug-likeness (QED) is 0.601. The van der Waals surface area contributed by atoms with Crippen molar-refractivity contribution >= 4 is 28.5 Å². The number of benzene rings is 2. The minimum atomic E-state index is -0.650. The van der Waals surface area contributed by atoms with Crippen molar-refractivity contribution in [2.24, 2.45) is 0 Å². The van der Waals surface area contributed by atoms with Gasteiger partial charge in [0, 0.05) is 50.7 Å². The zero-order valence-corrected chi connectivity index (χ0v) is 19.6. The maximum absolute atomic E-state index is 13.2. The molecular weight excluding hydrogens is 416 g/mol. The van der Waals surface area contributed by atoms with Gasteiger partial charge < -0.3 is 19.4 Å². The number of rotatable bonds is 5. The van der Waals surface area contributed by atoms with E-state index in [0.717, 1.165) is 16.7 Å². The number of ether oxygens (including phenoxy) is 1. The lowest BCUT2D eigenvalue weighted by molar-refractivity contribution is -0.142. The van der Waals surface area contributed by atoms with Gasteiger partial charge in [-0.1, -0.05) is 24.3 Å². The zero-order valence-electron chi connectivity index (χ0n) is 19.6. The monoisotopic (exact) mass is 446 g/mol. The highest BCUT2D eigenvalue weighted by Gasteiger charge is 2.33. The van der Waals surface area contributed by atoms with E-state index in [0.29, 0.717) is 30.9 Å². The number of nitrogens with zero attached hydrogens (tertiary/aromatic N) is 4. The Hall–Kier alpha value is -3.61. The molecule has 3 aromatic rings. The molecule has 0 aliphatic carbocycles. The Kier molecular flexibility index (Phi) is 6.49. The molecule has 0 spiro atoms. The summed E-state index contributed by atoms with van der Waals surface area (Å²) in [6.07, 6.45) is -0.650. The molecule has 0 radical (unpaired) electrons. The Bertz CT molecular complexity index is 1150. The minimum Gasteiger partial charge on any atom is -0.480 e. The third-order valence-corrected chi connectivity index (χ3v) is 6.01. The normalized spacial score (nSPS) is 17.0. The third kappa shape index (κ3) is 4.77. The second-order valence-electron chi connectivity index (χ2n) is 8.64. The maximum atomic E-state index is 13.2. The molecule has 0 unspecified atom stereocenters. The molecule has 172 valence electrons. The molecule has 1 aliphatic heterocycles. The van der Waals surface area contributed by atoms with Gasteiger partial charge in [0.2, 0.25) is 0 Å². The summed E-state index contributed by atoms with van der Waals surface area (Å²) in [7, 11) is 3.90. The number of hydrogen-bond acceptors (Lipinski definition) is 5. The predicted octanol–water partition coefficient (Wildman–Crippen LogP) is 3.44. The Morgan fingerprint density at radius 2 is 1.79 bits per heavy atom. The molecule has 1 saturated heterocycles. The second-order valence-corrected chi connectivity index (χ2v) is 8.64. The van der Waals surface area contributed by atoms with Crippen molar-refractivity contribution in [2.75, 3.05) is 38.6 Å². The number of pyridine rings is 1. The number of hydrogen-bond donors (Lipinski definition) is 0. The van der Waals surface area contributed by atoms with E-state index in [9.17, 15) is 9.59 Å². The highest BCUT2D eigenvalue weighted by atomic mass is 16.5. The third-order valence-electron chi connectivity index (χ3n) is 6.01. The number of piperazine rings is 1. The molecule has 7 heteroatoms. The number of fused-ring (bicyclic) bond motifs is 1. The van der Waals surface area contributed by atoms with Crippen molar-refractivity contribution in [3.05, 3.63) is 66.2 Å². The summed E-state index contributed by atoms with van der Waals surface area (Å²) in [5.41, 5.74) is 1.49. The van der Waals surface area contributed by atoms with Crippen LogP contribution in [0, 0.1) is 0 Å². The van der Waals surface area contributed by atoms with Crippen LogP contribution in [0.5, 0.6) is 5.75 Å². The maximum Gasteiger partial charge on any atom is 0.263 e. The lowest BCUT2D eigenvalue weighted by Crippen LogP contribution is -2.57. The van der Waals surface area contributed by atoms with Gasteiger partial charge in [0.1, 0.15) is 11.6 Å². The Balaban J connectivity index is 1.43.